The van der Waals surface area contributed by atoms with Crippen molar-refractivity contribution in [3.05, 3.63) is 59.7 Å². The Bertz CT molecular complexity index is 508. The van der Waals surface area contributed by atoms with Crippen LogP contribution in [0.2, 0.25) is 0 Å². The highest BCUT2D eigenvalue weighted by Gasteiger charge is 2.29. The predicted molar refractivity (Wildman–Crippen MR) is 78.8 cm³/mol. The molecule has 2 aromatic rings. The molecule has 0 fully saturated rings. The van der Waals surface area contributed by atoms with Crippen molar-refractivity contribution in [1.82, 2.24) is 0 Å². The summed E-state index contributed by atoms with van der Waals surface area (Å²) >= 11 is 0. The van der Waals surface area contributed by atoms with Gasteiger partial charge in [-0.3, -0.25) is 0 Å². The van der Waals surface area contributed by atoms with Crippen LogP contribution in [0, 0.1) is 6.92 Å². The number of hydrogen-bond acceptors (Lipinski definition) is 1. The van der Waals surface area contributed by atoms with Gasteiger partial charge in [-0.25, -0.2) is 0 Å². The molecule has 0 amide bonds. The highest BCUT2D eigenvalue weighted by molar-refractivity contribution is 6.81. The number of rotatable bonds is 1. The fourth-order valence-corrected chi connectivity index (χ4v) is 2.28. The van der Waals surface area contributed by atoms with E-state index in [4.69, 9.17) is 4.65 Å². The Morgan fingerprint density at radius 3 is 2.44 bits per heavy atom. The Kier molecular flexibility index (Phi) is 4.21. The van der Waals surface area contributed by atoms with Crippen LogP contribution in [0.1, 0.15) is 25.0 Å². The van der Waals surface area contributed by atoms with Gasteiger partial charge in [-0.1, -0.05) is 67.9 Å². The smallest absolute Gasteiger partial charge is 0.362 e. The zero-order valence-corrected chi connectivity index (χ0v) is 11.3. The first kappa shape index (κ1) is 12.9. The maximum atomic E-state index is 5.86. The van der Waals surface area contributed by atoms with Gasteiger partial charge >= 0.3 is 6.92 Å². The minimum Gasteiger partial charge on any atom is -0.423 e. The van der Waals surface area contributed by atoms with Crippen molar-refractivity contribution >= 4 is 17.8 Å². The molecule has 2 heteroatoms. The highest BCUT2D eigenvalue weighted by Crippen LogP contribution is 2.12. The summed E-state index contributed by atoms with van der Waals surface area (Å²) in [6, 6.07) is 17.0. The van der Waals surface area contributed by atoms with Crippen LogP contribution >= 0.6 is 0 Å². The van der Waals surface area contributed by atoms with E-state index in [2.05, 4.69) is 49.4 Å². The fourth-order valence-electron chi connectivity index (χ4n) is 2.28. The first-order valence-electron chi connectivity index (χ1n) is 6.60. The van der Waals surface area contributed by atoms with E-state index < -0.39 is 0 Å². The van der Waals surface area contributed by atoms with E-state index in [1.165, 1.54) is 22.1 Å². The van der Waals surface area contributed by atoms with Crippen LogP contribution in [0.5, 0.6) is 0 Å². The molecule has 1 aliphatic rings. The molecule has 2 aromatic carbocycles. The Labute approximate surface area is 110 Å². The second-order valence-electron chi connectivity index (χ2n) is 4.30. The minimum absolute atomic E-state index is 0.122. The molecule has 0 bridgehead atoms. The topological polar surface area (TPSA) is 9.23 Å². The van der Waals surface area contributed by atoms with E-state index >= 15 is 0 Å². The fraction of sp³-hybridized carbons (Fsp3) is 0.250. The van der Waals surface area contributed by atoms with Gasteiger partial charge in [0, 0.05) is 0 Å². The summed E-state index contributed by atoms with van der Waals surface area (Å²) in [7, 11) is 0. The molecule has 18 heavy (non-hydrogen) atoms. The molecule has 92 valence electrons. The van der Waals surface area contributed by atoms with Crippen molar-refractivity contribution in [1.29, 1.82) is 0 Å². The summed E-state index contributed by atoms with van der Waals surface area (Å²) in [5.41, 5.74) is 5.19. The highest BCUT2D eigenvalue weighted by atomic mass is 16.4. The number of fused-ring (bicyclic) bond motifs is 1. The van der Waals surface area contributed by atoms with Gasteiger partial charge in [0.15, 0.2) is 0 Å². The Morgan fingerprint density at radius 1 is 1.00 bits per heavy atom. The lowest BCUT2D eigenvalue weighted by Gasteiger charge is -2.06. The number of benzene rings is 2. The third kappa shape index (κ3) is 2.49. The summed E-state index contributed by atoms with van der Waals surface area (Å²) in [5.74, 6) is 0. The van der Waals surface area contributed by atoms with E-state index in [0.717, 1.165) is 6.61 Å². The predicted octanol–water partition coefficient (Wildman–Crippen LogP) is 2.66. The van der Waals surface area contributed by atoms with Crippen LogP contribution < -0.4 is 10.9 Å². The van der Waals surface area contributed by atoms with Crippen LogP contribution in [0.4, 0.5) is 0 Å². The van der Waals surface area contributed by atoms with Crippen molar-refractivity contribution in [2.24, 2.45) is 0 Å². The first-order valence-corrected chi connectivity index (χ1v) is 6.60. The molecule has 1 aliphatic heterocycles. The van der Waals surface area contributed by atoms with Gasteiger partial charge in [0.25, 0.3) is 0 Å². The van der Waals surface area contributed by atoms with Crippen LogP contribution in [0.15, 0.2) is 48.5 Å². The third-order valence-electron chi connectivity index (χ3n) is 3.09. The van der Waals surface area contributed by atoms with Gasteiger partial charge < -0.3 is 4.65 Å². The molecule has 0 N–H and O–H groups in total. The summed E-state index contributed by atoms with van der Waals surface area (Å²) in [4.78, 5) is 0. The molecule has 0 unspecified atom stereocenters. The Morgan fingerprint density at radius 2 is 1.72 bits per heavy atom. The quantitative estimate of drug-likeness (QED) is 0.694. The van der Waals surface area contributed by atoms with Crippen molar-refractivity contribution in [2.75, 3.05) is 0 Å². The van der Waals surface area contributed by atoms with Gasteiger partial charge in [-0.2, -0.15) is 0 Å². The molecule has 0 atom stereocenters. The largest absolute Gasteiger partial charge is 0.423 e. The summed E-state index contributed by atoms with van der Waals surface area (Å²) in [5, 5.41) is 0. The first-order chi connectivity index (χ1) is 8.84. The lowest BCUT2D eigenvalue weighted by atomic mass is 9.56. The summed E-state index contributed by atoms with van der Waals surface area (Å²) < 4.78 is 5.86. The SMILES string of the molecule is CC.Cc1ccc2c(c1)COB2c1ccccc1. The number of aryl methyl sites for hydroxylation is 1. The zero-order valence-electron chi connectivity index (χ0n) is 11.3. The Balaban J connectivity index is 0.000000574. The standard InChI is InChI=1S/C14H13BO.C2H6/c1-11-7-8-14-12(9-11)10-16-15(14)13-5-3-2-4-6-13;1-2/h2-9H,10H2,1H3;1-2H3. The van der Waals surface area contributed by atoms with E-state index in [0.29, 0.717) is 0 Å². The third-order valence-corrected chi connectivity index (χ3v) is 3.09. The molecule has 0 saturated carbocycles. The average molecular weight is 238 g/mol. The monoisotopic (exact) mass is 238 g/mol. The van der Waals surface area contributed by atoms with Crippen molar-refractivity contribution in [3.63, 3.8) is 0 Å². The summed E-state index contributed by atoms with van der Waals surface area (Å²) in [6.07, 6.45) is 0. The van der Waals surface area contributed by atoms with E-state index in [9.17, 15) is 0 Å². The molecule has 0 aliphatic carbocycles. The van der Waals surface area contributed by atoms with E-state index in [-0.39, 0.29) is 6.92 Å². The van der Waals surface area contributed by atoms with Gasteiger partial charge in [0.05, 0.1) is 6.61 Å². The lowest BCUT2D eigenvalue weighted by Crippen LogP contribution is -2.40. The molecule has 0 radical (unpaired) electrons. The second-order valence-corrected chi connectivity index (χ2v) is 4.30. The van der Waals surface area contributed by atoms with Crippen molar-refractivity contribution in [2.45, 2.75) is 27.4 Å². The normalized spacial score (nSPS) is 12.7. The van der Waals surface area contributed by atoms with Crippen LogP contribution in [-0.2, 0) is 11.3 Å². The van der Waals surface area contributed by atoms with Crippen LogP contribution in [0.3, 0.4) is 0 Å². The maximum Gasteiger partial charge on any atom is 0.362 e. The van der Waals surface area contributed by atoms with Gasteiger partial charge in [-0.05, 0) is 23.4 Å². The van der Waals surface area contributed by atoms with E-state index in [1.807, 2.05) is 19.9 Å². The summed E-state index contributed by atoms with van der Waals surface area (Å²) in [6.45, 7) is 6.98. The van der Waals surface area contributed by atoms with Crippen LogP contribution in [-0.4, -0.2) is 6.92 Å². The maximum absolute atomic E-state index is 5.86. The molecule has 3 rings (SSSR count). The average Bonchev–Trinajstić information content (AvgIpc) is 2.85. The van der Waals surface area contributed by atoms with Gasteiger partial charge in [0.2, 0.25) is 0 Å². The van der Waals surface area contributed by atoms with Crippen molar-refractivity contribution < 1.29 is 4.65 Å². The minimum atomic E-state index is 0.122. The molecule has 1 nitrogen and oxygen atoms in total. The number of hydrogen-bond donors (Lipinski definition) is 0. The van der Waals surface area contributed by atoms with Gasteiger partial charge in [0.1, 0.15) is 0 Å². The molecule has 1 heterocycles. The Hall–Kier alpha value is -1.54. The zero-order chi connectivity index (χ0) is 13.0. The molecule has 0 aromatic heterocycles. The van der Waals surface area contributed by atoms with Crippen molar-refractivity contribution in [3.8, 4) is 0 Å². The second kappa shape index (κ2) is 5.88. The molecule has 0 saturated heterocycles. The lowest BCUT2D eigenvalue weighted by molar-refractivity contribution is 0.337. The van der Waals surface area contributed by atoms with E-state index in [1.54, 1.807) is 0 Å². The molecule has 0 spiro atoms. The van der Waals surface area contributed by atoms with Crippen LogP contribution in [0.25, 0.3) is 0 Å². The molecular formula is C16H19BO. The molecular weight excluding hydrogens is 219 g/mol. The van der Waals surface area contributed by atoms with Gasteiger partial charge in [-0.15, -0.1) is 0 Å².